The number of nitrogens with one attached hydrogen (secondary N) is 1. The SMILES string of the molecule is CCCNC(CN(C)C(C)(C)CC)C(=O)O. The van der Waals surface area contributed by atoms with Gasteiger partial charge in [0.15, 0.2) is 0 Å². The third kappa shape index (κ3) is 4.94. The monoisotopic (exact) mass is 230 g/mol. The molecule has 0 bridgehead atoms. The molecule has 0 fully saturated rings. The average Bonchev–Trinajstić information content (AvgIpc) is 2.23. The molecule has 0 spiro atoms. The van der Waals surface area contributed by atoms with E-state index in [1.54, 1.807) is 0 Å². The van der Waals surface area contributed by atoms with Gasteiger partial charge in [-0.2, -0.15) is 0 Å². The van der Waals surface area contributed by atoms with Gasteiger partial charge in [-0.25, -0.2) is 0 Å². The van der Waals surface area contributed by atoms with Crippen LogP contribution in [0.3, 0.4) is 0 Å². The van der Waals surface area contributed by atoms with Crippen molar-refractivity contribution >= 4 is 5.97 Å². The minimum Gasteiger partial charge on any atom is -0.480 e. The minimum atomic E-state index is -0.771. The largest absolute Gasteiger partial charge is 0.480 e. The molecule has 0 radical (unpaired) electrons. The van der Waals surface area contributed by atoms with Crippen LogP contribution in [0.2, 0.25) is 0 Å². The molecule has 0 saturated heterocycles. The quantitative estimate of drug-likeness (QED) is 0.664. The van der Waals surface area contributed by atoms with Crippen molar-refractivity contribution in [2.75, 3.05) is 20.1 Å². The Morgan fingerprint density at radius 3 is 2.38 bits per heavy atom. The van der Waals surface area contributed by atoms with Crippen LogP contribution in [0.1, 0.15) is 40.5 Å². The molecule has 0 aliphatic carbocycles. The van der Waals surface area contributed by atoms with Gasteiger partial charge < -0.3 is 10.4 Å². The predicted octanol–water partition coefficient (Wildman–Crippen LogP) is 1.56. The summed E-state index contributed by atoms with van der Waals surface area (Å²) in [6, 6.07) is -0.476. The molecule has 0 heterocycles. The number of hydrogen-bond donors (Lipinski definition) is 2. The Hall–Kier alpha value is -0.610. The van der Waals surface area contributed by atoms with Gasteiger partial charge in [-0.15, -0.1) is 0 Å². The molecule has 4 heteroatoms. The van der Waals surface area contributed by atoms with Crippen LogP contribution in [0.4, 0.5) is 0 Å². The van der Waals surface area contributed by atoms with Crippen LogP contribution in [-0.4, -0.2) is 47.7 Å². The van der Waals surface area contributed by atoms with Crippen LogP contribution in [0.5, 0.6) is 0 Å². The van der Waals surface area contributed by atoms with Crippen molar-refractivity contribution in [3.05, 3.63) is 0 Å². The fourth-order valence-corrected chi connectivity index (χ4v) is 1.34. The number of carbonyl (C=O) groups is 1. The van der Waals surface area contributed by atoms with Crippen molar-refractivity contribution in [2.45, 2.75) is 52.1 Å². The van der Waals surface area contributed by atoms with Crippen molar-refractivity contribution in [1.29, 1.82) is 0 Å². The van der Waals surface area contributed by atoms with E-state index in [1.807, 2.05) is 14.0 Å². The lowest BCUT2D eigenvalue weighted by atomic mass is 9.99. The fraction of sp³-hybridized carbons (Fsp3) is 0.917. The van der Waals surface area contributed by atoms with Gasteiger partial charge in [-0.1, -0.05) is 13.8 Å². The van der Waals surface area contributed by atoms with E-state index in [-0.39, 0.29) is 5.54 Å². The minimum absolute atomic E-state index is 0.0432. The lowest BCUT2D eigenvalue weighted by Gasteiger charge is -2.36. The molecule has 16 heavy (non-hydrogen) atoms. The second-order valence-corrected chi connectivity index (χ2v) is 4.89. The summed E-state index contributed by atoms with van der Waals surface area (Å²) in [5, 5.41) is 12.2. The maximum absolute atomic E-state index is 11.1. The van der Waals surface area contributed by atoms with Gasteiger partial charge >= 0.3 is 5.97 Å². The molecular formula is C12H26N2O2. The lowest BCUT2D eigenvalue weighted by Crippen LogP contribution is -2.51. The highest BCUT2D eigenvalue weighted by Crippen LogP contribution is 2.16. The summed E-state index contributed by atoms with van der Waals surface area (Å²) in [7, 11) is 1.98. The van der Waals surface area contributed by atoms with Crippen LogP contribution < -0.4 is 5.32 Å². The maximum Gasteiger partial charge on any atom is 0.322 e. The molecule has 0 aromatic rings. The van der Waals surface area contributed by atoms with Gasteiger partial charge in [-0.05, 0) is 40.3 Å². The Morgan fingerprint density at radius 2 is 2.00 bits per heavy atom. The summed E-state index contributed by atoms with van der Waals surface area (Å²) in [6.07, 6.45) is 1.95. The summed E-state index contributed by atoms with van der Waals surface area (Å²) in [4.78, 5) is 13.2. The van der Waals surface area contributed by atoms with E-state index in [2.05, 4.69) is 31.0 Å². The highest BCUT2D eigenvalue weighted by molar-refractivity contribution is 5.73. The molecule has 96 valence electrons. The first-order valence-corrected chi connectivity index (χ1v) is 6.02. The van der Waals surface area contributed by atoms with Crippen LogP contribution in [-0.2, 0) is 4.79 Å². The van der Waals surface area contributed by atoms with E-state index in [9.17, 15) is 4.79 Å². The van der Waals surface area contributed by atoms with Gasteiger partial charge in [0.1, 0.15) is 6.04 Å². The molecule has 1 unspecified atom stereocenters. The molecule has 0 aliphatic heterocycles. The zero-order valence-electron chi connectivity index (χ0n) is 11.2. The Morgan fingerprint density at radius 1 is 1.44 bits per heavy atom. The van der Waals surface area contributed by atoms with E-state index in [4.69, 9.17) is 5.11 Å². The molecule has 0 aromatic carbocycles. The van der Waals surface area contributed by atoms with Crippen LogP contribution in [0, 0.1) is 0 Å². The van der Waals surface area contributed by atoms with E-state index >= 15 is 0 Å². The number of likely N-dealkylation sites (N-methyl/N-ethyl adjacent to an activating group) is 1. The Labute approximate surface area is 99.0 Å². The smallest absolute Gasteiger partial charge is 0.322 e. The maximum atomic E-state index is 11.1. The molecule has 1 atom stereocenters. The molecule has 4 nitrogen and oxygen atoms in total. The van der Waals surface area contributed by atoms with Crippen molar-refractivity contribution in [1.82, 2.24) is 10.2 Å². The van der Waals surface area contributed by atoms with Crippen molar-refractivity contribution in [3.8, 4) is 0 Å². The molecule has 0 amide bonds. The molecule has 0 saturated carbocycles. The van der Waals surface area contributed by atoms with Crippen molar-refractivity contribution < 1.29 is 9.90 Å². The third-order valence-corrected chi connectivity index (χ3v) is 3.29. The molecule has 0 aromatic heterocycles. The molecule has 0 aliphatic rings. The van der Waals surface area contributed by atoms with Crippen LogP contribution in [0.25, 0.3) is 0 Å². The summed E-state index contributed by atoms with van der Waals surface area (Å²) < 4.78 is 0. The topological polar surface area (TPSA) is 52.6 Å². The first-order chi connectivity index (χ1) is 7.35. The summed E-state index contributed by atoms with van der Waals surface area (Å²) in [5.74, 6) is -0.771. The second kappa shape index (κ2) is 6.86. The summed E-state index contributed by atoms with van der Waals surface area (Å²) >= 11 is 0. The number of aliphatic carboxylic acids is 1. The molecular weight excluding hydrogens is 204 g/mol. The van der Waals surface area contributed by atoms with Gasteiger partial charge in [0.05, 0.1) is 0 Å². The number of hydrogen-bond acceptors (Lipinski definition) is 3. The van der Waals surface area contributed by atoms with Gasteiger partial charge in [-0.3, -0.25) is 9.69 Å². The Balaban J connectivity index is 4.33. The number of carboxylic acid groups (broad SMARTS) is 1. The van der Waals surface area contributed by atoms with Crippen molar-refractivity contribution in [3.63, 3.8) is 0 Å². The Bertz CT molecular complexity index is 217. The number of rotatable bonds is 8. The summed E-state index contributed by atoms with van der Waals surface area (Å²) in [6.45, 7) is 9.70. The van der Waals surface area contributed by atoms with E-state index in [1.165, 1.54) is 0 Å². The summed E-state index contributed by atoms with van der Waals surface area (Å²) in [5.41, 5.74) is 0.0432. The zero-order valence-corrected chi connectivity index (χ0v) is 11.2. The zero-order chi connectivity index (χ0) is 12.8. The second-order valence-electron chi connectivity index (χ2n) is 4.89. The van der Waals surface area contributed by atoms with E-state index < -0.39 is 12.0 Å². The highest BCUT2D eigenvalue weighted by atomic mass is 16.4. The van der Waals surface area contributed by atoms with Crippen molar-refractivity contribution in [2.24, 2.45) is 0 Å². The lowest BCUT2D eigenvalue weighted by molar-refractivity contribution is -0.140. The number of nitrogens with zero attached hydrogens (tertiary/aromatic N) is 1. The molecule has 0 rings (SSSR count). The average molecular weight is 230 g/mol. The van der Waals surface area contributed by atoms with E-state index in [0.717, 1.165) is 19.4 Å². The standard InChI is InChI=1S/C12H26N2O2/c1-6-8-13-10(11(15)16)9-14(5)12(3,4)7-2/h10,13H,6-9H2,1-5H3,(H,15,16). The first kappa shape index (κ1) is 15.4. The Kier molecular flexibility index (Phi) is 6.60. The molecule has 2 N–H and O–H groups in total. The van der Waals surface area contributed by atoms with Gasteiger partial charge in [0.25, 0.3) is 0 Å². The fourth-order valence-electron chi connectivity index (χ4n) is 1.34. The predicted molar refractivity (Wildman–Crippen MR) is 66.7 cm³/mol. The number of carboxylic acids is 1. The highest BCUT2D eigenvalue weighted by Gasteiger charge is 2.26. The van der Waals surface area contributed by atoms with Gasteiger partial charge in [0.2, 0.25) is 0 Å². The van der Waals surface area contributed by atoms with Crippen LogP contribution in [0.15, 0.2) is 0 Å². The van der Waals surface area contributed by atoms with Gasteiger partial charge in [0, 0.05) is 12.1 Å². The van der Waals surface area contributed by atoms with Crippen LogP contribution >= 0.6 is 0 Å². The third-order valence-electron chi connectivity index (χ3n) is 3.29. The first-order valence-electron chi connectivity index (χ1n) is 6.02. The normalized spacial score (nSPS) is 14.1. The van der Waals surface area contributed by atoms with E-state index in [0.29, 0.717) is 6.54 Å².